The molecule has 0 bridgehead atoms. The van der Waals surface area contributed by atoms with Crippen molar-refractivity contribution in [1.82, 2.24) is 0 Å². The largest absolute Gasteiger partial charge is 0.496 e. The van der Waals surface area contributed by atoms with Crippen LogP contribution in [-0.2, 0) is 0 Å². The molecule has 2 aromatic carbocycles. The molecule has 0 aliphatic carbocycles. The first kappa shape index (κ1) is 9.74. The molecule has 0 spiro atoms. The van der Waals surface area contributed by atoms with Crippen LogP contribution in [0.5, 0.6) is 5.75 Å². The van der Waals surface area contributed by atoms with Crippen molar-refractivity contribution in [3.05, 3.63) is 30.3 Å². The van der Waals surface area contributed by atoms with Gasteiger partial charge in [0.05, 0.1) is 7.11 Å². The van der Waals surface area contributed by atoms with Crippen molar-refractivity contribution in [2.45, 2.75) is 9.79 Å². The van der Waals surface area contributed by atoms with E-state index in [2.05, 4.69) is 25.3 Å². The Balaban J connectivity index is 2.85. The molecule has 0 saturated heterocycles. The van der Waals surface area contributed by atoms with E-state index in [0.29, 0.717) is 0 Å². The molecule has 0 unspecified atom stereocenters. The first-order valence-corrected chi connectivity index (χ1v) is 5.10. The van der Waals surface area contributed by atoms with E-state index < -0.39 is 0 Å². The van der Waals surface area contributed by atoms with E-state index in [0.717, 1.165) is 26.3 Å². The van der Waals surface area contributed by atoms with E-state index in [1.165, 1.54) is 0 Å². The second-order valence-corrected chi connectivity index (χ2v) is 4.02. The standard InChI is InChI=1S/C11H10OS2/c1-12-10-4-5-11(14)8-3-2-7(13)6-9(8)10/h2-6,13-14H,1H3. The molecular formula is C11H10OS2. The fourth-order valence-corrected chi connectivity index (χ4v) is 1.94. The number of methoxy groups -OCH3 is 1. The maximum atomic E-state index is 5.27. The summed E-state index contributed by atoms with van der Waals surface area (Å²) in [6.45, 7) is 0. The lowest BCUT2D eigenvalue weighted by atomic mass is 10.1. The highest BCUT2D eigenvalue weighted by Gasteiger charge is 2.03. The van der Waals surface area contributed by atoms with Crippen LogP contribution in [0.25, 0.3) is 10.8 Å². The van der Waals surface area contributed by atoms with E-state index in [1.807, 2.05) is 30.3 Å². The molecule has 0 atom stereocenters. The molecule has 14 heavy (non-hydrogen) atoms. The number of benzene rings is 2. The summed E-state index contributed by atoms with van der Waals surface area (Å²) < 4.78 is 5.27. The van der Waals surface area contributed by atoms with Gasteiger partial charge in [-0.3, -0.25) is 0 Å². The molecule has 0 fully saturated rings. The molecule has 0 heterocycles. The monoisotopic (exact) mass is 222 g/mol. The Kier molecular flexibility index (Phi) is 2.61. The second-order valence-electron chi connectivity index (χ2n) is 3.02. The normalized spacial score (nSPS) is 10.5. The summed E-state index contributed by atoms with van der Waals surface area (Å²) in [4.78, 5) is 1.88. The lowest BCUT2D eigenvalue weighted by Gasteiger charge is -2.07. The summed E-state index contributed by atoms with van der Waals surface area (Å²) in [5.41, 5.74) is 0. The Hall–Kier alpha value is -0.800. The second kappa shape index (κ2) is 3.75. The van der Waals surface area contributed by atoms with Crippen LogP contribution in [0, 0.1) is 0 Å². The Morgan fingerprint density at radius 3 is 2.50 bits per heavy atom. The molecule has 2 rings (SSSR count). The topological polar surface area (TPSA) is 9.23 Å². The molecule has 0 aliphatic rings. The first-order chi connectivity index (χ1) is 6.72. The van der Waals surface area contributed by atoms with Crippen LogP contribution in [0.4, 0.5) is 0 Å². The molecule has 0 saturated carbocycles. The summed E-state index contributed by atoms with van der Waals surface area (Å²) >= 11 is 8.69. The maximum absolute atomic E-state index is 5.27. The number of hydrogen-bond donors (Lipinski definition) is 2. The van der Waals surface area contributed by atoms with Gasteiger partial charge in [-0.25, -0.2) is 0 Å². The van der Waals surface area contributed by atoms with E-state index in [-0.39, 0.29) is 0 Å². The summed E-state index contributed by atoms with van der Waals surface area (Å²) in [6.07, 6.45) is 0. The van der Waals surface area contributed by atoms with Crippen LogP contribution in [0.3, 0.4) is 0 Å². The minimum Gasteiger partial charge on any atom is -0.496 e. The van der Waals surface area contributed by atoms with E-state index >= 15 is 0 Å². The third-order valence-electron chi connectivity index (χ3n) is 2.16. The number of ether oxygens (including phenoxy) is 1. The molecular weight excluding hydrogens is 212 g/mol. The first-order valence-electron chi connectivity index (χ1n) is 4.21. The van der Waals surface area contributed by atoms with Crippen molar-refractivity contribution in [2.75, 3.05) is 7.11 Å². The van der Waals surface area contributed by atoms with Gasteiger partial charge in [-0.15, -0.1) is 25.3 Å². The van der Waals surface area contributed by atoms with Gasteiger partial charge in [0.1, 0.15) is 5.75 Å². The highest BCUT2D eigenvalue weighted by atomic mass is 32.1. The zero-order chi connectivity index (χ0) is 10.1. The smallest absolute Gasteiger partial charge is 0.126 e. The number of hydrogen-bond acceptors (Lipinski definition) is 3. The lowest BCUT2D eigenvalue weighted by Crippen LogP contribution is -1.85. The van der Waals surface area contributed by atoms with Gasteiger partial charge < -0.3 is 4.74 Å². The van der Waals surface area contributed by atoms with Gasteiger partial charge >= 0.3 is 0 Å². The lowest BCUT2D eigenvalue weighted by molar-refractivity contribution is 0.419. The fraction of sp³-hybridized carbons (Fsp3) is 0.0909. The predicted molar refractivity (Wildman–Crippen MR) is 65.0 cm³/mol. The summed E-state index contributed by atoms with van der Waals surface area (Å²) in [5, 5.41) is 2.14. The maximum Gasteiger partial charge on any atom is 0.126 e. The van der Waals surface area contributed by atoms with Crippen molar-refractivity contribution in [3.63, 3.8) is 0 Å². The molecule has 0 amide bonds. The van der Waals surface area contributed by atoms with E-state index in [4.69, 9.17) is 4.74 Å². The van der Waals surface area contributed by atoms with Gasteiger partial charge in [0, 0.05) is 15.2 Å². The van der Waals surface area contributed by atoms with Gasteiger partial charge in [-0.05, 0) is 29.7 Å². The summed E-state index contributed by atoms with van der Waals surface area (Å²) in [7, 11) is 1.66. The van der Waals surface area contributed by atoms with Crippen LogP contribution < -0.4 is 4.74 Å². The predicted octanol–water partition coefficient (Wildman–Crippen LogP) is 3.43. The van der Waals surface area contributed by atoms with Gasteiger partial charge in [-0.2, -0.15) is 0 Å². The quantitative estimate of drug-likeness (QED) is 0.703. The Bertz CT molecular complexity index is 480. The molecule has 0 radical (unpaired) electrons. The average molecular weight is 222 g/mol. The molecule has 2 aromatic rings. The Morgan fingerprint density at radius 2 is 1.79 bits per heavy atom. The highest BCUT2D eigenvalue weighted by Crippen LogP contribution is 2.31. The van der Waals surface area contributed by atoms with Crippen LogP contribution in [0.2, 0.25) is 0 Å². The third kappa shape index (κ3) is 1.57. The van der Waals surface area contributed by atoms with E-state index in [1.54, 1.807) is 7.11 Å². The van der Waals surface area contributed by atoms with Crippen molar-refractivity contribution in [3.8, 4) is 5.75 Å². The van der Waals surface area contributed by atoms with Gasteiger partial charge in [0.2, 0.25) is 0 Å². The van der Waals surface area contributed by atoms with Crippen molar-refractivity contribution in [2.24, 2.45) is 0 Å². The SMILES string of the molecule is COc1ccc(S)c2ccc(S)cc12. The minimum atomic E-state index is 0.855. The summed E-state index contributed by atoms with van der Waals surface area (Å²) in [5.74, 6) is 0.855. The third-order valence-corrected chi connectivity index (χ3v) is 2.83. The van der Waals surface area contributed by atoms with E-state index in [9.17, 15) is 0 Å². The highest BCUT2D eigenvalue weighted by molar-refractivity contribution is 7.80. The van der Waals surface area contributed by atoms with Crippen LogP contribution >= 0.6 is 25.3 Å². The minimum absolute atomic E-state index is 0.855. The van der Waals surface area contributed by atoms with Crippen molar-refractivity contribution in [1.29, 1.82) is 0 Å². The van der Waals surface area contributed by atoms with Crippen molar-refractivity contribution >= 4 is 36.0 Å². The molecule has 1 nitrogen and oxygen atoms in total. The molecule has 3 heteroatoms. The average Bonchev–Trinajstić information content (AvgIpc) is 2.18. The molecule has 0 N–H and O–H groups in total. The molecule has 0 aromatic heterocycles. The van der Waals surface area contributed by atoms with Gasteiger partial charge in [-0.1, -0.05) is 6.07 Å². The van der Waals surface area contributed by atoms with Gasteiger partial charge in [0.25, 0.3) is 0 Å². The zero-order valence-electron chi connectivity index (χ0n) is 7.69. The van der Waals surface area contributed by atoms with Crippen LogP contribution in [0.15, 0.2) is 40.1 Å². The number of rotatable bonds is 1. The number of thiol groups is 2. The zero-order valence-corrected chi connectivity index (χ0v) is 9.48. The summed E-state index contributed by atoms with van der Waals surface area (Å²) in [6, 6.07) is 9.78. The van der Waals surface area contributed by atoms with Crippen LogP contribution in [-0.4, -0.2) is 7.11 Å². The Morgan fingerprint density at radius 1 is 1.00 bits per heavy atom. The van der Waals surface area contributed by atoms with Crippen molar-refractivity contribution < 1.29 is 4.74 Å². The van der Waals surface area contributed by atoms with Gasteiger partial charge in [0.15, 0.2) is 0 Å². The molecule has 0 aliphatic heterocycles. The van der Waals surface area contributed by atoms with Crippen LogP contribution in [0.1, 0.15) is 0 Å². The Labute approximate surface area is 93.9 Å². The fourth-order valence-electron chi connectivity index (χ4n) is 1.47. The molecule has 72 valence electrons. The number of fused-ring (bicyclic) bond motifs is 1.